The summed E-state index contributed by atoms with van der Waals surface area (Å²) in [6, 6.07) is 78.6. The predicted molar refractivity (Wildman–Crippen MR) is 350 cm³/mol. The van der Waals surface area contributed by atoms with Crippen molar-refractivity contribution in [1.82, 2.24) is 4.57 Å². The number of aromatic nitrogens is 1. The van der Waals surface area contributed by atoms with Gasteiger partial charge in [-0.15, -0.1) is 0 Å². The van der Waals surface area contributed by atoms with Crippen LogP contribution in [0.3, 0.4) is 0 Å². The van der Waals surface area contributed by atoms with Gasteiger partial charge >= 0.3 is 0 Å². The second kappa shape index (κ2) is 20.1. The van der Waals surface area contributed by atoms with Crippen molar-refractivity contribution >= 4 is 99.0 Å². The molecule has 13 aromatic carbocycles. The zero-order chi connectivity index (χ0) is 58.6. The Balaban J connectivity index is 0.974. The third kappa shape index (κ3) is 8.19. The van der Waals surface area contributed by atoms with Gasteiger partial charge in [0.2, 0.25) is 0 Å². The van der Waals surface area contributed by atoms with Gasteiger partial charge in [-0.25, -0.2) is 0 Å². The van der Waals surface area contributed by atoms with Crippen molar-refractivity contribution in [2.24, 2.45) is 0 Å². The maximum absolute atomic E-state index is 16.6. The Hall–Kier alpha value is -11.6. The van der Waals surface area contributed by atoms with E-state index in [9.17, 15) is 0 Å². The smallest absolute Gasteiger partial charge is 0.195 e. The van der Waals surface area contributed by atoms with E-state index in [2.05, 4.69) is 111 Å². The van der Waals surface area contributed by atoms with Gasteiger partial charge < -0.3 is 42.8 Å². The first-order valence-electron chi connectivity index (χ1n) is 28.6. The summed E-state index contributed by atoms with van der Waals surface area (Å²) in [6.07, 6.45) is 0. The molecule has 16 rings (SSSR count). The summed E-state index contributed by atoms with van der Waals surface area (Å²) < 4.78 is 38.5. The van der Waals surface area contributed by atoms with Crippen molar-refractivity contribution in [2.75, 3.05) is 38.2 Å². The molecule has 0 saturated heterocycles. The minimum atomic E-state index is -0.325. The molecule has 2 aliphatic heterocycles. The van der Waals surface area contributed by atoms with Gasteiger partial charge in [-0.2, -0.15) is 0 Å². The first-order chi connectivity index (χ1) is 42.7. The highest BCUT2D eigenvalue weighted by Gasteiger charge is 2.33. The number of benzene rings is 11. The van der Waals surface area contributed by atoms with Gasteiger partial charge in [0.05, 0.1) is 67.9 Å². The molecule has 14 aromatic rings. The number of fused-ring (bicyclic) bond motifs is 12. The fraction of sp³-hybridized carbons (Fsp3) is 0.0526. The summed E-state index contributed by atoms with van der Waals surface area (Å²) in [5.74, 6) is 4.51. The molecule has 2 aliphatic rings. The van der Waals surface area contributed by atoms with Gasteiger partial charge in [0.15, 0.2) is 33.9 Å². The lowest BCUT2D eigenvalue weighted by atomic mass is 10.0. The van der Waals surface area contributed by atoms with Crippen LogP contribution >= 0.6 is 0 Å². The average Bonchev–Trinajstić information content (AvgIpc) is 1.82. The number of anilines is 6. The zero-order valence-corrected chi connectivity index (χ0v) is 47.6. The summed E-state index contributed by atoms with van der Waals surface area (Å²) >= 11 is 0. The van der Waals surface area contributed by atoms with Crippen LogP contribution < -0.4 is 49.1 Å². The number of hydrogen-bond donors (Lipinski definition) is 0. The second-order valence-corrected chi connectivity index (χ2v) is 21.8. The maximum Gasteiger partial charge on any atom is 0.195 e. The van der Waals surface area contributed by atoms with Crippen LogP contribution in [-0.4, -0.2) is 33.0 Å². The van der Waals surface area contributed by atoms with E-state index in [1.165, 1.54) is 0 Å². The Labute approximate surface area is 498 Å². The van der Waals surface area contributed by atoms with E-state index in [0.717, 1.165) is 55.1 Å². The summed E-state index contributed by atoms with van der Waals surface area (Å²) in [5.41, 5.74) is 10.8. The lowest BCUT2D eigenvalue weighted by Gasteiger charge is -2.36. The number of rotatable bonds is 9. The first-order valence-corrected chi connectivity index (χ1v) is 28.6. The molecule has 11 heteroatoms. The molecule has 3 heterocycles. The van der Waals surface area contributed by atoms with Crippen LogP contribution in [-0.2, 0) is 0 Å². The number of methoxy groups -OCH3 is 4. The fourth-order valence-electron chi connectivity index (χ4n) is 12.9. The van der Waals surface area contributed by atoms with Gasteiger partial charge in [0, 0.05) is 73.3 Å². The molecule has 0 atom stereocenters. The van der Waals surface area contributed by atoms with Crippen LogP contribution in [0.5, 0.6) is 46.0 Å². The Kier molecular flexibility index (Phi) is 11.8. The molecule has 11 nitrogen and oxygen atoms in total. The lowest BCUT2D eigenvalue weighted by molar-refractivity contribution is 0.402. The molecular formula is C76H51N3O8. The van der Waals surface area contributed by atoms with Crippen LogP contribution in [0.25, 0.3) is 92.8 Å². The van der Waals surface area contributed by atoms with Gasteiger partial charge in [0.1, 0.15) is 23.0 Å². The van der Waals surface area contributed by atoms with E-state index in [4.69, 9.17) is 28.4 Å². The van der Waals surface area contributed by atoms with Crippen LogP contribution in [0.2, 0.25) is 0 Å². The summed E-state index contributed by atoms with van der Waals surface area (Å²) in [6.45, 7) is 0. The van der Waals surface area contributed by atoms with E-state index in [1.54, 1.807) is 28.4 Å². The minimum Gasteiger partial charge on any atom is -0.497 e. The fourth-order valence-corrected chi connectivity index (χ4v) is 12.9. The highest BCUT2D eigenvalue weighted by atomic mass is 16.5. The molecule has 0 amide bonds. The summed E-state index contributed by atoms with van der Waals surface area (Å²) in [4.78, 5) is 36.9. The molecule has 0 N–H and O–H groups in total. The lowest BCUT2D eigenvalue weighted by Crippen LogP contribution is -2.19. The SMILES string of the molecule is COc1ccc2c(c1)Oc1cc(OC)ccc1N2c1cc(N2c3ccc(OC)cc3Oc3cc(OC)ccc32)c2ccc3ccc4ccc5ccc(-n6c7ccc(-c8ccccc8)cc7c7cc(-c8ccccc8)ccc76)cc5c(=O)c4c3c(=O)c2c1. The molecule has 1 aromatic heterocycles. The van der Waals surface area contributed by atoms with Gasteiger partial charge in [-0.1, -0.05) is 115 Å². The Morgan fingerprint density at radius 3 is 1.18 bits per heavy atom. The largest absolute Gasteiger partial charge is 0.497 e. The monoisotopic (exact) mass is 1130 g/mol. The van der Waals surface area contributed by atoms with Crippen LogP contribution in [0.1, 0.15) is 0 Å². The van der Waals surface area contributed by atoms with Crippen LogP contribution in [0.15, 0.2) is 246 Å². The first kappa shape index (κ1) is 51.1. The Morgan fingerprint density at radius 2 is 0.713 bits per heavy atom. The summed E-state index contributed by atoms with van der Waals surface area (Å²) in [7, 11) is 6.47. The second-order valence-electron chi connectivity index (χ2n) is 21.8. The van der Waals surface area contributed by atoms with E-state index < -0.39 is 0 Å². The van der Waals surface area contributed by atoms with Crippen molar-refractivity contribution in [3.8, 4) is 73.9 Å². The van der Waals surface area contributed by atoms with Gasteiger partial charge in [-0.05, 0) is 135 Å². The molecule has 0 spiro atoms. The molecular weight excluding hydrogens is 1080 g/mol. The molecule has 0 unspecified atom stereocenters. The van der Waals surface area contributed by atoms with E-state index in [-0.39, 0.29) is 10.9 Å². The third-order valence-corrected chi connectivity index (χ3v) is 17.1. The van der Waals surface area contributed by atoms with Crippen LogP contribution in [0.4, 0.5) is 34.1 Å². The topological polar surface area (TPSA) is 101 Å². The predicted octanol–water partition coefficient (Wildman–Crippen LogP) is 18.6. The molecule has 418 valence electrons. The quantitative estimate of drug-likeness (QED) is 0.139. The van der Waals surface area contributed by atoms with Crippen molar-refractivity contribution in [3.05, 3.63) is 257 Å². The van der Waals surface area contributed by atoms with Gasteiger partial charge in [0.25, 0.3) is 0 Å². The molecule has 0 radical (unpaired) electrons. The highest BCUT2D eigenvalue weighted by Crippen LogP contribution is 2.57. The molecule has 0 fully saturated rings. The van der Waals surface area contributed by atoms with E-state index >= 15 is 9.59 Å². The molecule has 0 aliphatic carbocycles. The molecule has 0 saturated carbocycles. The van der Waals surface area contributed by atoms with Crippen molar-refractivity contribution < 1.29 is 28.4 Å². The maximum atomic E-state index is 16.6. The zero-order valence-electron chi connectivity index (χ0n) is 47.6. The average molecular weight is 1130 g/mol. The Morgan fingerprint density at radius 1 is 0.299 bits per heavy atom. The highest BCUT2D eigenvalue weighted by molar-refractivity contribution is 6.15. The minimum absolute atomic E-state index is 0.262. The van der Waals surface area contributed by atoms with Gasteiger partial charge in [-0.3, -0.25) is 9.59 Å². The normalized spacial score (nSPS) is 12.4. The number of ether oxygens (including phenoxy) is 6. The van der Waals surface area contributed by atoms with E-state index in [1.807, 2.05) is 140 Å². The standard InChI is InChI=1S/C76H51N3O8/c1-82-53-24-31-64-69(40-53)86-70-41-54(83-2)25-32-65(70)78(64)52-38-61-57(68(39-52)79-66-33-26-55(84-3)42-71(66)87-72-43-56(85-4)27-34-67(72)79)28-20-48-18-17-47-16-15-46-19-23-51(37-58(46)75(80)73(47)74(48)76(61)81)77-62-29-21-49(44-11-7-5-8-12-44)35-59(62)60-36-50(22-30-63(60)77)45-13-9-6-10-14-45/h5-43H,1-4H3. The molecule has 0 bridgehead atoms. The van der Waals surface area contributed by atoms with Crippen LogP contribution in [0, 0.1) is 0 Å². The van der Waals surface area contributed by atoms with Crippen molar-refractivity contribution in [2.45, 2.75) is 0 Å². The van der Waals surface area contributed by atoms with Crippen molar-refractivity contribution in [3.63, 3.8) is 0 Å². The number of hydrogen-bond acceptors (Lipinski definition) is 10. The van der Waals surface area contributed by atoms with E-state index in [0.29, 0.717) is 118 Å². The Bertz CT molecular complexity index is 5160. The molecule has 87 heavy (non-hydrogen) atoms. The third-order valence-electron chi connectivity index (χ3n) is 17.1. The number of nitrogens with zero attached hydrogens (tertiary/aromatic N) is 3. The van der Waals surface area contributed by atoms with Crippen molar-refractivity contribution in [1.29, 1.82) is 0 Å². The summed E-state index contributed by atoms with van der Waals surface area (Å²) in [5, 5.41) is 6.23.